The Morgan fingerprint density at radius 1 is 1.32 bits per heavy atom. The number of thioether (sulfide) groups is 1. The third kappa shape index (κ3) is 4.28. The van der Waals surface area contributed by atoms with Crippen LogP contribution in [0.2, 0.25) is 0 Å². The third-order valence-electron chi connectivity index (χ3n) is 2.69. The Balaban J connectivity index is 1.98. The first-order valence-electron chi connectivity index (χ1n) is 6.55. The van der Waals surface area contributed by atoms with Crippen molar-refractivity contribution < 1.29 is 9.21 Å². The fourth-order valence-electron chi connectivity index (χ4n) is 1.49. The van der Waals surface area contributed by atoms with Crippen molar-refractivity contribution in [3.8, 4) is 11.5 Å². The van der Waals surface area contributed by atoms with Crippen LogP contribution in [0, 0.1) is 0 Å². The third-order valence-corrected chi connectivity index (χ3v) is 4.48. The van der Waals surface area contributed by atoms with E-state index in [2.05, 4.69) is 15.5 Å². The molecule has 0 aliphatic rings. The Morgan fingerprint density at radius 3 is 2.64 bits per heavy atom. The number of anilines is 1. The molecule has 0 saturated carbocycles. The summed E-state index contributed by atoms with van der Waals surface area (Å²) < 4.78 is 6.07. The molecule has 1 aromatic carbocycles. The van der Waals surface area contributed by atoms with Gasteiger partial charge in [-0.25, -0.2) is 0 Å². The van der Waals surface area contributed by atoms with Gasteiger partial charge in [0.1, 0.15) is 4.32 Å². The first-order valence-corrected chi connectivity index (χ1v) is 7.84. The molecule has 2 aromatic rings. The zero-order chi connectivity index (χ0) is 16.1. The number of thiocarbonyl (C=S) groups is 1. The van der Waals surface area contributed by atoms with Crippen molar-refractivity contribution in [2.75, 3.05) is 19.4 Å². The molecule has 116 valence electrons. The number of amides is 1. The molecule has 0 spiro atoms. The van der Waals surface area contributed by atoms with Gasteiger partial charge < -0.3 is 9.32 Å². The maximum Gasteiger partial charge on any atom is 0.322 e. The molecule has 1 amide bonds. The topological polar surface area (TPSA) is 71.3 Å². The number of nitrogens with zero attached hydrogens (tertiary/aromatic N) is 3. The van der Waals surface area contributed by atoms with Crippen molar-refractivity contribution in [2.24, 2.45) is 0 Å². The van der Waals surface area contributed by atoms with Crippen LogP contribution in [-0.4, -0.2) is 44.7 Å². The molecule has 1 aromatic heterocycles. The Morgan fingerprint density at radius 2 is 2.00 bits per heavy atom. The normalized spacial score (nSPS) is 11.8. The summed E-state index contributed by atoms with van der Waals surface area (Å²) in [5, 5.41) is 9.98. The van der Waals surface area contributed by atoms with Gasteiger partial charge in [-0.05, 0) is 19.1 Å². The highest BCUT2D eigenvalue weighted by molar-refractivity contribution is 8.23. The molecule has 6 nitrogen and oxygen atoms in total. The molecule has 0 fully saturated rings. The summed E-state index contributed by atoms with van der Waals surface area (Å²) in [5.74, 6) is 0.123. The van der Waals surface area contributed by atoms with Gasteiger partial charge in [-0.1, -0.05) is 47.3 Å². The molecule has 1 atom stereocenters. The highest BCUT2D eigenvalue weighted by atomic mass is 32.2. The van der Waals surface area contributed by atoms with Crippen LogP contribution in [0.3, 0.4) is 0 Å². The number of aromatic nitrogens is 2. The van der Waals surface area contributed by atoms with E-state index in [1.807, 2.05) is 44.4 Å². The molecule has 0 bridgehead atoms. The van der Waals surface area contributed by atoms with Gasteiger partial charge in [0, 0.05) is 19.7 Å². The highest BCUT2D eigenvalue weighted by Crippen LogP contribution is 2.20. The molecule has 0 radical (unpaired) electrons. The average Bonchev–Trinajstić information content (AvgIpc) is 2.96. The molecule has 0 aliphatic carbocycles. The number of benzene rings is 1. The van der Waals surface area contributed by atoms with Gasteiger partial charge in [0.25, 0.3) is 0 Å². The molecule has 8 heteroatoms. The Bertz CT molecular complexity index is 658. The number of hydrogen-bond donors (Lipinski definition) is 1. The van der Waals surface area contributed by atoms with Crippen LogP contribution in [0.15, 0.2) is 34.7 Å². The number of hydrogen-bond acceptors (Lipinski definition) is 6. The van der Waals surface area contributed by atoms with Crippen molar-refractivity contribution in [3.63, 3.8) is 0 Å². The molecule has 0 saturated heterocycles. The standard InChI is InChI=1S/C14H16N4O2S2/c1-9(22-14(21)18(2)3)11(19)15-13-17-16-12(20-13)10-7-5-4-6-8-10/h4-9H,1-3H3,(H,15,17,19). The first kappa shape index (κ1) is 16.4. The minimum atomic E-state index is -0.359. The second-order valence-corrected chi connectivity index (χ2v) is 6.66. The van der Waals surface area contributed by atoms with Gasteiger partial charge in [0.15, 0.2) is 0 Å². The first-order chi connectivity index (χ1) is 10.5. The lowest BCUT2D eigenvalue weighted by Crippen LogP contribution is -2.27. The molecule has 2 rings (SSSR count). The molecule has 22 heavy (non-hydrogen) atoms. The lowest BCUT2D eigenvalue weighted by Gasteiger charge is -2.16. The number of carbonyl (C=O) groups is 1. The molecule has 1 heterocycles. The van der Waals surface area contributed by atoms with Crippen molar-refractivity contribution in [2.45, 2.75) is 12.2 Å². The number of rotatable bonds is 4. The number of carbonyl (C=O) groups excluding carboxylic acids is 1. The Labute approximate surface area is 138 Å². The van der Waals surface area contributed by atoms with E-state index in [4.69, 9.17) is 16.6 Å². The molecule has 1 N–H and O–H groups in total. The predicted octanol–water partition coefficient (Wildman–Crippen LogP) is 2.64. The van der Waals surface area contributed by atoms with Crippen LogP contribution < -0.4 is 5.32 Å². The zero-order valence-electron chi connectivity index (χ0n) is 12.4. The zero-order valence-corrected chi connectivity index (χ0v) is 14.1. The van der Waals surface area contributed by atoms with E-state index in [0.29, 0.717) is 10.2 Å². The van der Waals surface area contributed by atoms with Gasteiger partial charge in [-0.3, -0.25) is 10.1 Å². The maximum atomic E-state index is 12.1. The fraction of sp³-hybridized carbons (Fsp3) is 0.286. The molecule has 1 unspecified atom stereocenters. The fourth-order valence-corrected chi connectivity index (χ4v) is 2.60. The molecular formula is C14H16N4O2S2. The second kappa shape index (κ2) is 7.37. The summed E-state index contributed by atoms with van der Waals surface area (Å²) >= 11 is 6.46. The minimum absolute atomic E-state index is 0.0760. The van der Waals surface area contributed by atoms with E-state index in [0.717, 1.165) is 5.56 Å². The summed E-state index contributed by atoms with van der Waals surface area (Å²) in [6.45, 7) is 1.77. The molecular weight excluding hydrogens is 320 g/mol. The Hall–Kier alpha value is -1.93. The highest BCUT2D eigenvalue weighted by Gasteiger charge is 2.19. The van der Waals surface area contributed by atoms with E-state index < -0.39 is 0 Å². The SMILES string of the molecule is CC(SC(=S)N(C)C)C(=O)Nc1nnc(-c2ccccc2)o1. The van der Waals surface area contributed by atoms with Crippen LogP contribution in [0.5, 0.6) is 0 Å². The summed E-state index contributed by atoms with van der Waals surface area (Å²) in [6.07, 6.45) is 0. The van der Waals surface area contributed by atoms with Crippen molar-refractivity contribution >= 4 is 40.2 Å². The van der Waals surface area contributed by atoms with Gasteiger partial charge in [0.2, 0.25) is 11.8 Å². The van der Waals surface area contributed by atoms with E-state index in [-0.39, 0.29) is 17.2 Å². The lowest BCUT2D eigenvalue weighted by atomic mass is 10.2. The van der Waals surface area contributed by atoms with E-state index in [1.165, 1.54) is 11.8 Å². The van der Waals surface area contributed by atoms with Gasteiger partial charge in [-0.15, -0.1) is 5.10 Å². The molecule has 0 aliphatic heterocycles. The van der Waals surface area contributed by atoms with Crippen LogP contribution >= 0.6 is 24.0 Å². The predicted molar refractivity (Wildman–Crippen MR) is 91.7 cm³/mol. The lowest BCUT2D eigenvalue weighted by molar-refractivity contribution is -0.115. The summed E-state index contributed by atoms with van der Waals surface area (Å²) in [7, 11) is 3.67. The van der Waals surface area contributed by atoms with Crippen molar-refractivity contribution in [3.05, 3.63) is 30.3 Å². The minimum Gasteiger partial charge on any atom is -0.403 e. The second-order valence-electron chi connectivity index (χ2n) is 4.69. The number of nitrogens with one attached hydrogen (secondary N) is 1. The monoisotopic (exact) mass is 336 g/mol. The van der Waals surface area contributed by atoms with Gasteiger partial charge in [0.05, 0.1) is 5.25 Å². The van der Waals surface area contributed by atoms with Crippen LogP contribution in [0.1, 0.15) is 6.92 Å². The average molecular weight is 336 g/mol. The van der Waals surface area contributed by atoms with Gasteiger partial charge in [-0.2, -0.15) is 0 Å². The van der Waals surface area contributed by atoms with Crippen LogP contribution in [0.25, 0.3) is 11.5 Å². The summed E-state index contributed by atoms with van der Waals surface area (Å²) in [5.41, 5.74) is 0.798. The van der Waals surface area contributed by atoms with E-state index in [9.17, 15) is 4.79 Å². The Kier molecular flexibility index (Phi) is 5.51. The maximum absolute atomic E-state index is 12.1. The van der Waals surface area contributed by atoms with E-state index in [1.54, 1.807) is 11.8 Å². The van der Waals surface area contributed by atoms with E-state index >= 15 is 0 Å². The summed E-state index contributed by atoms with van der Waals surface area (Å²) in [4.78, 5) is 13.9. The quantitative estimate of drug-likeness (QED) is 0.861. The van der Waals surface area contributed by atoms with Crippen LogP contribution in [0.4, 0.5) is 6.01 Å². The van der Waals surface area contributed by atoms with Crippen molar-refractivity contribution in [1.29, 1.82) is 0 Å². The van der Waals surface area contributed by atoms with Gasteiger partial charge >= 0.3 is 6.01 Å². The smallest absolute Gasteiger partial charge is 0.322 e. The summed E-state index contributed by atoms with van der Waals surface area (Å²) in [6, 6.07) is 9.43. The van der Waals surface area contributed by atoms with Crippen LogP contribution in [-0.2, 0) is 4.79 Å². The van der Waals surface area contributed by atoms with Crippen molar-refractivity contribution in [1.82, 2.24) is 15.1 Å². The largest absolute Gasteiger partial charge is 0.403 e.